The van der Waals surface area contributed by atoms with Crippen molar-refractivity contribution >= 4 is 31.5 Å². The number of hydrogen-bond acceptors (Lipinski definition) is 5. The maximum absolute atomic E-state index is 11.9. The summed E-state index contributed by atoms with van der Waals surface area (Å²) in [6.45, 7) is 2.68. The van der Waals surface area contributed by atoms with E-state index in [-0.39, 0.29) is 24.0 Å². The molecule has 110 valence electrons. The van der Waals surface area contributed by atoms with Gasteiger partial charge in [-0.05, 0) is 13.0 Å². The van der Waals surface area contributed by atoms with Gasteiger partial charge in [-0.3, -0.25) is 9.69 Å². The number of rotatable bonds is 5. The highest BCUT2D eigenvalue weighted by Gasteiger charge is 2.33. The summed E-state index contributed by atoms with van der Waals surface area (Å²) in [4.78, 5) is 17.5. The van der Waals surface area contributed by atoms with Gasteiger partial charge in [0.05, 0.1) is 12.4 Å². The van der Waals surface area contributed by atoms with E-state index in [4.69, 9.17) is 15.4 Å². The lowest BCUT2D eigenvalue weighted by molar-refractivity contribution is -0.117. The number of carbonyl (C=O) groups is 1. The maximum Gasteiger partial charge on any atom is 0.232 e. The third kappa shape index (κ3) is 3.83. The molecule has 0 aromatic carbocycles. The van der Waals surface area contributed by atoms with Crippen molar-refractivity contribution in [1.29, 1.82) is 0 Å². The summed E-state index contributed by atoms with van der Waals surface area (Å²) in [7, 11) is 1.62. The molecule has 0 bridgehead atoms. The lowest BCUT2D eigenvalue weighted by Crippen LogP contribution is -2.26. The molecule has 1 fully saturated rings. The first-order valence-corrected chi connectivity index (χ1v) is 8.68. The number of carbonyl (C=O) groups excluding carboxylic acids is 1. The van der Waals surface area contributed by atoms with Gasteiger partial charge < -0.3 is 4.74 Å². The minimum Gasteiger partial charge on any atom is -0.494 e. The second-order valence-electron chi connectivity index (χ2n) is 4.56. The third-order valence-corrected chi connectivity index (χ3v) is 4.19. The number of anilines is 1. The normalized spacial score (nSPS) is 19.4. The Kier molecular flexibility index (Phi) is 4.49. The summed E-state index contributed by atoms with van der Waals surface area (Å²) in [6, 6.07) is 3.37. The van der Waals surface area contributed by atoms with Gasteiger partial charge in [-0.1, -0.05) is 0 Å². The van der Waals surface area contributed by atoms with E-state index in [9.17, 15) is 13.2 Å². The van der Waals surface area contributed by atoms with E-state index in [0.717, 1.165) is 0 Å². The van der Waals surface area contributed by atoms with Gasteiger partial charge in [-0.2, -0.15) is 0 Å². The first kappa shape index (κ1) is 15.1. The van der Waals surface area contributed by atoms with Crippen molar-refractivity contribution in [2.24, 2.45) is 5.92 Å². The van der Waals surface area contributed by atoms with Crippen LogP contribution in [0.2, 0.25) is 0 Å². The Labute approximate surface area is 122 Å². The number of aromatic nitrogens is 1. The highest BCUT2D eigenvalue weighted by atomic mass is 35.7. The molecule has 1 aromatic heterocycles. The minimum atomic E-state index is -3.61. The molecule has 0 saturated carbocycles. The Morgan fingerprint density at radius 3 is 2.95 bits per heavy atom. The summed E-state index contributed by atoms with van der Waals surface area (Å²) in [5.41, 5.74) is 0. The molecule has 0 aliphatic carbocycles. The van der Waals surface area contributed by atoms with E-state index >= 15 is 0 Å². The first-order valence-electron chi connectivity index (χ1n) is 6.20. The Morgan fingerprint density at radius 2 is 2.30 bits per heavy atom. The monoisotopic (exact) mass is 318 g/mol. The summed E-state index contributed by atoms with van der Waals surface area (Å²) < 4.78 is 27.5. The van der Waals surface area contributed by atoms with Gasteiger partial charge in [0.25, 0.3) is 0 Å². The topological polar surface area (TPSA) is 76.6 Å². The van der Waals surface area contributed by atoms with Crippen LogP contribution in [0.25, 0.3) is 0 Å². The molecule has 1 amide bonds. The van der Waals surface area contributed by atoms with Gasteiger partial charge in [-0.25, -0.2) is 13.4 Å². The first-order chi connectivity index (χ1) is 9.39. The van der Waals surface area contributed by atoms with Crippen molar-refractivity contribution in [1.82, 2.24) is 4.98 Å². The molecule has 2 heterocycles. The van der Waals surface area contributed by atoms with Gasteiger partial charge >= 0.3 is 0 Å². The second kappa shape index (κ2) is 5.97. The molecule has 0 spiro atoms. The van der Waals surface area contributed by atoms with Crippen molar-refractivity contribution in [2.75, 3.05) is 23.8 Å². The zero-order valence-electron chi connectivity index (χ0n) is 11.0. The summed E-state index contributed by atoms with van der Waals surface area (Å²) >= 11 is 0. The smallest absolute Gasteiger partial charge is 0.232 e. The molecule has 1 aliphatic heterocycles. The molecule has 1 atom stereocenters. The van der Waals surface area contributed by atoms with Crippen LogP contribution in [0, 0.1) is 5.92 Å². The lowest BCUT2D eigenvalue weighted by Gasteiger charge is -2.16. The SMILES string of the molecule is CCOc1ccnc(N2CC(CS(=O)(=O)Cl)CC2=O)c1. The number of pyridine rings is 1. The predicted octanol–water partition coefficient (Wildman–Crippen LogP) is 1.40. The lowest BCUT2D eigenvalue weighted by atomic mass is 10.1. The number of ether oxygens (including phenoxy) is 1. The molecule has 8 heteroatoms. The van der Waals surface area contributed by atoms with Crippen LogP contribution in [0.1, 0.15) is 13.3 Å². The van der Waals surface area contributed by atoms with Crippen molar-refractivity contribution < 1.29 is 17.9 Å². The molecule has 20 heavy (non-hydrogen) atoms. The highest BCUT2D eigenvalue weighted by Crippen LogP contribution is 2.27. The largest absolute Gasteiger partial charge is 0.494 e. The molecule has 1 aliphatic rings. The van der Waals surface area contributed by atoms with Crippen LogP contribution < -0.4 is 9.64 Å². The Hall–Kier alpha value is -1.34. The van der Waals surface area contributed by atoms with Gasteiger partial charge in [0.2, 0.25) is 15.0 Å². The summed E-state index contributed by atoms with van der Waals surface area (Å²) in [5, 5.41) is 0. The molecular formula is C12H15ClN2O4S. The van der Waals surface area contributed by atoms with E-state index < -0.39 is 9.05 Å². The predicted molar refractivity (Wildman–Crippen MR) is 75.5 cm³/mol. The fourth-order valence-corrected chi connectivity index (χ4v) is 3.52. The van der Waals surface area contributed by atoms with E-state index in [0.29, 0.717) is 24.7 Å². The van der Waals surface area contributed by atoms with Crippen molar-refractivity contribution in [3.05, 3.63) is 18.3 Å². The van der Waals surface area contributed by atoms with E-state index in [1.165, 1.54) is 4.90 Å². The molecule has 1 aromatic rings. The molecule has 0 N–H and O–H groups in total. The standard InChI is InChI=1S/C12H15ClN2O4S/c1-2-19-10-3-4-14-11(6-10)15-7-9(5-12(15)16)8-20(13,17)18/h3-4,6,9H,2,5,7-8H2,1H3. The fourth-order valence-electron chi connectivity index (χ4n) is 2.20. The Balaban J connectivity index is 2.13. The average molecular weight is 319 g/mol. The van der Waals surface area contributed by atoms with Crippen molar-refractivity contribution in [2.45, 2.75) is 13.3 Å². The van der Waals surface area contributed by atoms with E-state index in [1.807, 2.05) is 6.92 Å². The average Bonchev–Trinajstić information content (AvgIpc) is 2.68. The molecular weight excluding hydrogens is 304 g/mol. The van der Waals surface area contributed by atoms with Crippen LogP contribution >= 0.6 is 10.7 Å². The van der Waals surface area contributed by atoms with Crippen LogP contribution in [-0.4, -0.2) is 38.2 Å². The van der Waals surface area contributed by atoms with Gasteiger partial charge in [0.1, 0.15) is 11.6 Å². The maximum atomic E-state index is 11.9. The number of amides is 1. The summed E-state index contributed by atoms with van der Waals surface area (Å²) in [6.07, 6.45) is 1.71. The molecule has 2 rings (SSSR count). The number of nitrogens with zero attached hydrogens (tertiary/aromatic N) is 2. The fraction of sp³-hybridized carbons (Fsp3) is 0.500. The number of hydrogen-bond donors (Lipinski definition) is 0. The minimum absolute atomic E-state index is 0.156. The molecule has 1 unspecified atom stereocenters. The highest BCUT2D eigenvalue weighted by molar-refractivity contribution is 8.13. The zero-order chi connectivity index (χ0) is 14.8. The number of halogens is 1. The Bertz CT molecular complexity index is 605. The van der Waals surface area contributed by atoms with Crippen LogP contribution in [-0.2, 0) is 13.8 Å². The van der Waals surface area contributed by atoms with Crippen LogP contribution in [0.3, 0.4) is 0 Å². The van der Waals surface area contributed by atoms with Crippen LogP contribution in [0.4, 0.5) is 5.82 Å². The molecule has 1 saturated heterocycles. The van der Waals surface area contributed by atoms with Gasteiger partial charge in [0.15, 0.2) is 0 Å². The summed E-state index contributed by atoms with van der Waals surface area (Å²) in [5.74, 6) is 0.426. The van der Waals surface area contributed by atoms with Crippen LogP contribution in [0.15, 0.2) is 18.3 Å². The van der Waals surface area contributed by atoms with Crippen molar-refractivity contribution in [3.8, 4) is 5.75 Å². The third-order valence-electron chi connectivity index (χ3n) is 2.94. The quantitative estimate of drug-likeness (QED) is 0.767. The molecule has 0 radical (unpaired) electrons. The van der Waals surface area contributed by atoms with E-state index in [2.05, 4.69) is 4.98 Å². The molecule has 6 nitrogen and oxygen atoms in total. The van der Waals surface area contributed by atoms with Crippen LogP contribution in [0.5, 0.6) is 5.75 Å². The van der Waals surface area contributed by atoms with Crippen molar-refractivity contribution in [3.63, 3.8) is 0 Å². The Morgan fingerprint density at radius 1 is 1.55 bits per heavy atom. The van der Waals surface area contributed by atoms with E-state index in [1.54, 1.807) is 18.3 Å². The van der Waals surface area contributed by atoms with Gasteiger partial charge in [0, 0.05) is 41.8 Å². The zero-order valence-corrected chi connectivity index (χ0v) is 12.5. The second-order valence-corrected chi connectivity index (χ2v) is 7.38. The van der Waals surface area contributed by atoms with Gasteiger partial charge in [-0.15, -0.1) is 0 Å².